The van der Waals surface area contributed by atoms with Crippen molar-refractivity contribution in [3.05, 3.63) is 34.8 Å². The van der Waals surface area contributed by atoms with Gasteiger partial charge < -0.3 is 14.8 Å². The normalized spacial score (nSPS) is 12.8. The maximum atomic E-state index is 5.30. The molecule has 3 rings (SSSR count). The highest BCUT2D eigenvalue weighted by atomic mass is 32.1. The van der Waals surface area contributed by atoms with Gasteiger partial charge in [-0.05, 0) is 12.1 Å². The van der Waals surface area contributed by atoms with Crippen LogP contribution in [0.4, 0.5) is 5.69 Å². The number of hydrogen-bond acceptors (Lipinski definition) is 5. The maximum Gasteiger partial charge on any atom is 0.231 e. The molecule has 1 aromatic carbocycles. The topological polar surface area (TPSA) is 43.4 Å². The van der Waals surface area contributed by atoms with E-state index in [0.29, 0.717) is 6.79 Å². The van der Waals surface area contributed by atoms with Crippen LogP contribution in [-0.4, -0.2) is 11.8 Å². The first-order valence-electron chi connectivity index (χ1n) is 4.94. The fraction of sp³-hybridized carbons (Fsp3) is 0.182. The average molecular weight is 234 g/mol. The lowest BCUT2D eigenvalue weighted by atomic mass is 10.3. The number of nitrogens with one attached hydrogen (secondary N) is 1. The Hall–Kier alpha value is -1.75. The van der Waals surface area contributed by atoms with Crippen molar-refractivity contribution in [2.45, 2.75) is 6.54 Å². The molecule has 0 atom stereocenters. The summed E-state index contributed by atoms with van der Waals surface area (Å²) in [6, 6.07) is 5.82. The molecule has 1 aliphatic rings. The lowest BCUT2D eigenvalue weighted by molar-refractivity contribution is 0.174. The number of anilines is 1. The molecule has 4 nitrogen and oxygen atoms in total. The van der Waals surface area contributed by atoms with Gasteiger partial charge in [0.2, 0.25) is 6.79 Å². The summed E-state index contributed by atoms with van der Waals surface area (Å²) in [7, 11) is 0. The molecule has 82 valence electrons. The summed E-state index contributed by atoms with van der Waals surface area (Å²) >= 11 is 1.64. The van der Waals surface area contributed by atoms with Gasteiger partial charge >= 0.3 is 0 Å². The van der Waals surface area contributed by atoms with Crippen molar-refractivity contribution in [1.29, 1.82) is 0 Å². The van der Waals surface area contributed by atoms with E-state index in [4.69, 9.17) is 9.47 Å². The fourth-order valence-electron chi connectivity index (χ4n) is 1.52. The van der Waals surface area contributed by atoms with Gasteiger partial charge in [0.05, 0.1) is 6.54 Å². The van der Waals surface area contributed by atoms with Crippen molar-refractivity contribution in [1.82, 2.24) is 4.98 Å². The van der Waals surface area contributed by atoms with Crippen LogP contribution < -0.4 is 14.8 Å². The molecule has 0 bridgehead atoms. The second kappa shape index (κ2) is 4.02. The van der Waals surface area contributed by atoms with Gasteiger partial charge in [-0.2, -0.15) is 0 Å². The quantitative estimate of drug-likeness (QED) is 0.886. The van der Waals surface area contributed by atoms with Crippen molar-refractivity contribution >= 4 is 17.0 Å². The number of nitrogens with zero attached hydrogens (tertiary/aromatic N) is 1. The summed E-state index contributed by atoms with van der Waals surface area (Å²) in [5, 5.41) is 6.33. The molecule has 0 amide bonds. The highest BCUT2D eigenvalue weighted by Crippen LogP contribution is 2.34. The molecular weight excluding hydrogens is 224 g/mol. The lowest BCUT2D eigenvalue weighted by Crippen LogP contribution is -1.98. The summed E-state index contributed by atoms with van der Waals surface area (Å²) in [5.41, 5.74) is 1.01. The van der Waals surface area contributed by atoms with E-state index in [1.165, 1.54) is 0 Å². The van der Waals surface area contributed by atoms with E-state index in [1.807, 2.05) is 23.6 Å². The number of hydrogen-bond donors (Lipinski definition) is 1. The van der Waals surface area contributed by atoms with Crippen LogP contribution in [-0.2, 0) is 6.54 Å². The third-order valence-electron chi connectivity index (χ3n) is 2.30. The Kier molecular flexibility index (Phi) is 2.38. The van der Waals surface area contributed by atoms with E-state index in [9.17, 15) is 0 Å². The zero-order chi connectivity index (χ0) is 10.8. The molecule has 0 radical (unpaired) electrons. The standard InChI is InChI=1S/C11H10N2O2S/c1-2-9-10(15-7-14-9)5-8(1)13-6-11-12-3-4-16-11/h1-5,13H,6-7H2. The first-order valence-corrected chi connectivity index (χ1v) is 5.82. The molecule has 2 heterocycles. The van der Waals surface area contributed by atoms with Crippen LogP contribution in [0.5, 0.6) is 11.5 Å². The Labute approximate surface area is 96.8 Å². The van der Waals surface area contributed by atoms with E-state index >= 15 is 0 Å². The molecule has 1 aliphatic heterocycles. The third-order valence-corrected chi connectivity index (χ3v) is 3.08. The number of thiazole rings is 1. The zero-order valence-electron chi connectivity index (χ0n) is 8.47. The molecule has 0 saturated carbocycles. The van der Waals surface area contributed by atoms with Crippen LogP contribution in [0.1, 0.15) is 5.01 Å². The van der Waals surface area contributed by atoms with Crippen molar-refractivity contribution in [3.63, 3.8) is 0 Å². The number of rotatable bonds is 3. The molecule has 0 aliphatic carbocycles. The van der Waals surface area contributed by atoms with Crippen LogP contribution in [0, 0.1) is 0 Å². The van der Waals surface area contributed by atoms with E-state index in [0.717, 1.165) is 28.7 Å². The van der Waals surface area contributed by atoms with Gasteiger partial charge in [-0.25, -0.2) is 4.98 Å². The van der Waals surface area contributed by atoms with Gasteiger partial charge in [0, 0.05) is 23.3 Å². The van der Waals surface area contributed by atoms with Gasteiger partial charge in [-0.3, -0.25) is 0 Å². The number of ether oxygens (including phenoxy) is 2. The number of aromatic nitrogens is 1. The minimum atomic E-state index is 0.311. The highest BCUT2D eigenvalue weighted by molar-refractivity contribution is 7.09. The lowest BCUT2D eigenvalue weighted by Gasteiger charge is -2.04. The van der Waals surface area contributed by atoms with Crippen LogP contribution in [0.2, 0.25) is 0 Å². The van der Waals surface area contributed by atoms with Crippen LogP contribution in [0.25, 0.3) is 0 Å². The van der Waals surface area contributed by atoms with Crippen LogP contribution in [0.15, 0.2) is 29.8 Å². The molecule has 16 heavy (non-hydrogen) atoms. The Bertz CT molecular complexity index is 485. The predicted octanol–water partition coefficient (Wildman–Crippen LogP) is 2.48. The molecule has 0 fully saturated rings. The maximum absolute atomic E-state index is 5.30. The van der Waals surface area contributed by atoms with Crippen molar-refractivity contribution in [2.24, 2.45) is 0 Å². The van der Waals surface area contributed by atoms with Crippen molar-refractivity contribution in [3.8, 4) is 11.5 Å². The molecule has 1 N–H and O–H groups in total. The molecule has 0 saturated heterocycles. The number of fused-ring (bicyclic) bond motifs is 1. The van der Waals surface area contributed by atoms with E-state index in [-0.39, 0.29) is 0 Å². The van der Waals surface area contributed by atoms with E-state index in [2.05, 4.69) is 10.3 Å². The Morgan fingerprint density at radius 2 is 2.25 bits per heavy atom. The minimum absolute atomic E-state index is 0.311. The highest BCUT2D eigenvalue weighted by Gasteiger charge is 2.12. The summed E-state index contributed by atoms with van der Waals surface area (Å²) in [6.07, 6.45) is 1.81. The summed E-state index contributed by atoms with van der Waals surface area (Å²) in [4.78, 5) is 4.20. The largest absolute Gasteiger partial charge is 0.454 e. The third kappa shape index (κ3) is 1.81. The molecule has 0 spiro atoms. The summed E-state index contributed by atoms with van der Waals surface area (Å²) in [6.45, 7) is 1.04. The molecule has 0 unspecified atom stereocenters. The monoisotopic (exact) mass is 234 g/mol. The average Bonchev–Trinajstić information content (AvgIpc) is 2.97. The summed E-state index contributed by atoms with van der Waals surface area (Å²) in [5.74, 6) is 1.60. The smallest absolute Gasteiger partial charge is 0.231 e. The molecule has 1 aromatic heterocycles. The van der Waals surface area contributed by atoms with Crippen molar-refractivity contribution in [2.75, 3.05) is 12.1 Å². The van der Waals surface area contributed by atoms with Gasteiger partial charge in [-0.15, -0.1) is 11.3 Å². The molecule has 2 aromatic rings. The zero-order valence-corrected chi connectivity index (χ0v) is 9.29. The Balaban J connectivity index is 1.71. The van der Waals surface area contributed by atoms with E-state index < -0.39 is 0 Å². The van der Waals surface area contributed by atoms with Gasteiger partial charge in [0.1, 0.15) is 5.01 Å². The Morgan fingerprint density at radius 1 is 1.31 bits per heavy atom. The summed E-state index contributed by atoms with van der Waals surface area (Å²) < 4.78 is 10.5. The molecular formula is C11H10N2O2S. The van der Waals surface area contributed by atoms with Gasteiger partial charge in [0.15, 0.2) is 11.5 Å². The Morgan fingerprint density at radius 3 is 3.12 bits per heavy atom. The van der Waals surface area contributed by atoms with Crippen molar-refractivity contribution < 1.29 is 9.47 Å². The first-order chi connectivity index (χ1) is 7.92. The van der Waals surface area contributed by atoms with Gasteiger partial charge in [-0.1, -0.05) is 0 Å². The minimum Gasteiger partial charge on any atom is -0.454 e. The fourth-order valence-corrected chi connectivity index (χ4v) is 2.08. The van der Waals surface area contributed by atoms with Gasteiger partial charge in [0.25, 0.3) is 0 Å². The SMILES string of the molecule is c1csc(CNc2ccc3c(c2)OCO3)n1. The number of benzene rings is 1. The van der Waals surface area contributed by atoms with Crippen LogP contribution in [0.3, 0.4) is 0 Å². The second-order valence-corrected chi connectivity index (χ2v) is 4.33. The second-order valence-electron chi connectivity index (χ2n) is 3.35. The van der Waals surface area contributed by atoms with Crippen LogP contribution >= 0.6 is 11.3 Å². The molecule has 5 heteroatoms. The van der Waals surface area contributed by atoms with E-state index in [1.54, 1.807) is 17.5 Å². The first kappa shape index (κ1) is 9.47. The predicted molar refractivity (Wildman–Crippen MR) is 62.0 cm³/mol.